The first-order chi connectivity index (χ1) is 24.9. The molecular weight excluding hydrogens is 625 g/mol. The van der Waals surface area contributed by atoms with E-state index in [1.807, 2.05) is 0 Å². The fraction of sp³-hybridized carbons (Fsp3) is 0.192. The first kappa shape index (κ1) is 33.7. The van der Waals surface area contributed by atoms with Crippen molar-refractivity contribution in [2.75, 3.05) is 0 Å². The Balaban J connectivity index is 1.70. The van der Waals surface area contributed by atoms with Gasteiger partial charge in [0.25, 0.3) is 0 Å². The van der Waals surface area contributed by atoms with E-state index in [9.17, 15) is 0 Å². The zero-order chi connectivity index (χ0) is 36.4. The van der Waals surface area contributed by atoms with E-state index in [1.54, 1.807) is 0 Å². The Hall–Kier alpha value is -5.46. The largest absolute Gasteiger partial charge is 0.0622 e. The lowest BCUT2D eigenvalue weighted by molar-refractivity contribution is 0.590. The number of rotatable bonds is 4. The van der Waals surface area contributed by atoms with Crippen LogP contribution in [-0.2, 0) is 10.8 Å². The quantitative estimate of drug-likeness (QED) is 0.163. The molecule has 0 saturated heterocycles. The van der Waals surface area contributed by atoms with Gasteiger partial charge in [-0.05, 0) is 113 Å². The average molecular weight is 673 g/mol. The molecule has 0 aliphatic carbocycles. The summed E-state index contributed by atoms with van der Waals surface area (Å²) >= 11 is 0. The summed E-state index contributed by atoms with van der Waals surface area (Å²) < 4.78 is 0. The summed E-state index contributed by atoms with van der Waals surface area (Å²) in [4.78, 5) is 0. The standard InChI is InChI=1S/C52H48/c1-33-19-29-41-43(31-33)47(35-15-11-9-12-16-35)49-46(38-23-27-40(28-24-38)52(6,7)8)42-30-20-34(2)32-44(42)48(36-17-13-10-14-18-36)50(49)45(41)37-21-25-39(26-22-37)51(3,4)5/h9-32H,1-8H3. The molecular formula is C52H48. The van der Waals surface area contributed by atoms with Crippen LogP contribution in [0.4, 0.5) is 0 Å². The normalized spacial score (nSPS) is 12.2. The van der Waals surface area contributed by atoms with Crippen molar-refractivity contribution in [3.63, 3.8) is 0 Å². The summed E-state index contributed by atoms with van der Waals surface area (Å²) in [6, 6.07) is 55.1. The van der Waals surface area contributed by atoms with Gasteiger partial charge in [-0.15, -0.1) is 0 Å². The fourth-order valence-corrected chi connectivity index (χ4v) is 8.14. The summed E-state index contributed by atoms with van der Waals surface area (Å²) in [6.45, 7) is 18.2. The van der Waals surface area contributed by atoms with Crippen molar-refractivity contribution in [3.8, 4) is 44.5 Å². The maximum absolute atomic E-state index is 2.41. The van der Waals surface area contributed by atoms with Gasteiger partial charge in [0, 0.05) is 0 Å². The van der Waals surface area contributed by atoms with E-state index in [0.29, 0.717) is 0 Å². The topological polar surface area (TPSA) is 0 Å². The minimum atomic E-state index is 0.0618. The predicted octanol–water partition coefficient (Wildman–Crippen LogP) is 15.0. The van der Waals surface area contributed by atoms with E-state index >= 15 is 0 Å². The molecule has 0 N–H and O–H groups in total. The van der Waals surface area contributed by atoms with Crippen molar-refractivity contribution in [1.29, 1.82) is 0 Å². The maximum atomic E-state index is 2.41. The zero-order valence-electron chi connectivity index (χ0n) is 31.9. The van der Waals surface area contributed by atoms with Crippen molar-refractivity contribution in [1.82, 2.24) is 0 Å². The third-order valence-electron chi connectivity index (χ3n) is 10.9. The molecule has 0 radical (unpaired) electrons. The SMILES string of the molecule is Cc1ccc2c(-c3ccc(C(C)(C)C)cc3)c3c(-c4ccccc4)c4cc(C)ccc4c(-c4ccc(C(C)(C)C)cc4)c3c(-c3ccccc3)c2c1. The van der Waals surface area contributed by atoms with Gasteiger partial charge >= 0.3 is 0 Å². The Bertz CT molecular complexity index is 2400. The maximum Gasteiger partial charge on any atom is -0.000139 e. The number of fused-ring (bicyclic) bond motifs is 3. The molecule has 0 nitrogen and oxygen atoms in total. The monoisotopic (exact) mass is 672 g/mol. The van der Waals surface area contributed by atoms with Gasteiger partial charge in [-0.1, -0.05) is 198 Å². The second kappa shape index (κ2) is 12.6. The van der Waals surface area contributed by atoms with Gasteiger partial charge in [-0.3, -0.25) is 0 Å². The van der Waals surface area contributed by atoms with Crippen molar-refractivity contribution in [3.05, 3.63) is 168 Å². The van der Waals surface area contributed by atoms with Crippen molar-refractivity contribution in [2.24, 2.45) is 0 Å². The number of benzene rings is 8. The highest BCUT2D eigenvalue weighted by molar-refractivity contribution is 6.33. The van der Waals surface area contributed by atoms with E-state index in [1.165, 1.54) is 99.1 Å². The lowest BCUT2D eigenvalue weighted by Gasteiger charge is -2.26. The molecule has 8 aromatic carbocycles. The highest BCUT2D eigenvalue weighted by atomic mass is 14.3. The number of hydrogen-bond donors (Lipinski definition) is 0. The van der Waals surface area contributed by atoms with E-state index in [-0.39, 0.29) is 10.8 Å². The van der Waals surface area contributed by atoms with Gasteiger partial charge in [0.15, 0.2) is 0 Å². The summed E-state index contributed by atoms with van der Waals surface area (Å²) in [6.07, 6.45) is 0. The molecule has 8 rings (SSSR count). The van der Waals surface area contributed by atoms with Crippen LogP contribution >= 0.6 is 0 Å². The predicted molar refractivity (Wildman–Crippen MR) is 228 cm³/mol. The highest BCUT2D eigenvalue weighted by Crippen LogP contribution is 2.54. The minimum absolute atomic E-state index is 0.0618. The average Bonchev–Trinajstić information content (AvgIpc) is 3.13. The van der Waals surface area contributed by atoms with Gasteiger partial charge in [0.2, 0.25) is 0 Å². The Kier molecular flexibility index (Phi) is 8.19. The fourth-order valence-electron chi connectivity index (χ4n) is 8.14. The van der Waals surface area contributed by atoms with Crippen molar-refractivity contribution < 1.29 is 0 Å². The molecule has 256 valence electrons. The second-order valence-corrected chi connectivity index (χ2v) is 16.7. The van der Waals surface area contributed by atoms with Crippen LogP contribution in [0.5, 0.6) is 0 Å². The van der Waals surface area contributed by atoms with Gasteiger partial charge in [0.05, 0.1) is 0 Å². The summed E-state index contributed by atoms with van der Waals surface area (Å²) in [7, 11) is 0. The Labute approximate surface area is 309 Å². The Morgan fingerprint density at radius 1 is 0.308 bits per heavy atom. The molecule has 0 aliphatic heterocycles. The summed E-state index contributed by atoms with van der Waals surface area (Å²) in [5.74, 6) is 0. The summed E-state index contributed by atoms with van der Waals surface area (Å²) in [5, 5.41) is 7.73. The molecule has 0 atom stereocenters. The molecule has 0 aliphatic rings. The molecule has 0 unspecified atom stereocenters. The van der Waals surface area contributed by atoms with E-state index in [0.717, 1.165) is 0 Å². The van der Waals surface area contributed by atoms with Gasteiger partial charge in [-0.25, -0.2) is 0 Å². The first-order valence-electron chi connectivity index (χ1n) is 18.7. The van der Waals surface area contributed by atoms with Crippen LogP contribution in [0.1, 0.15) is 63.8 Å². The highest BCUT2D eigenvalue weighted by Gasteiger charge is 2.27. The molecule has 0 amide bonds. The molecule has 0 fully saturated rings. The van der Waals surface area contributed by atoms with Crippen LogP contribution in [0, 0.1) is 13.8 Å². The van der Waals surface area contributed by atoms with E-state index in [2.05, 4.69) is 201 Å². The Morgan fingerprint density at radius 3 is 0.942 bits per heavy atom. The van der Waals surface area contributed by atoms with Crippen molar-refractivity contribution in [2.45, 2.75) is 66.2 Å². The van der Waals surface area contributed by atoms with E-state index in [4.69, 9.17) is 0 Å². The Morgan fingerprint density at radius 2 is 0.615 bits per heavy atom. The first-order valence-corrected chi connectivity index (χ1v) is 18.7. The molecule has 0 heteroatoms. The molecule has 0 heterocycles. The number of aryl methyl sites for hydroxylation is 2. The van der Waals surface area contributed by atoms with Crippen molar-refractivity contribution >= 4 is 32.3 Å². The van der Waals surface area contributed by atoms with Crippen LogP contribution in [0.15, 0.2) is 146 Å². The van der Waals surface area contributed by atoms with Crippen LogP contribution in [0.2, 0.25) is 0 Å². The molecule has 0 bridgehead atoms. The second-order valence-electron chi connectivity index (χ2n) is 16.7. The zero-order valence-corrected chi connectivity index (χ0v) is 31.9. The molecule has 0 saturated carbocycles. The molecule has 52 heavy (non-hydrogen) atoms. The molecule has 8 aromatic rings. The lowest BCUT2D eigenvalue weighted by atomic mass is 9.76. The van der Waals surface area contributed by atoms with Crippen LogP contribution < -0.4 is 0 Å². The van der Waals surface area contributed by atoms with Crippen LogP contribution in [0.3, 0.4) is 0 Å². The van der Waals surface area contributed by atoms with Gasteiger partial charge in [0.1, 0.15) is 0 Å². The molecule has 0 aromatic heterocycles. The smallest absolute Gasteiger partial charge is 0.000139 e. The van der Waals surface area contributed by atoms with Gasteiger partial charge in [-0.2, -0.15) is 0 Å². The third-order valence-corrected chi connectivity index (χ3v) is 10.9. The van der Waals surface area contributed by atoms with Crippen LogP contribution in [0.25, 0.3) is 76.8 Å². The lowest BCUT2D eigenvalue weighted by Crippen LogP contribution is -2.10. The minimum Gasteiger partial charge on any atom is -0.0622 e. The number of hydrogen-bond acceptors (Lipinski definition) is 0. The molecule has 0 spiro atoms. The third kappa shape index (κ3) is 5.81. The van der Waals surface area contributed by atoms with Gasteiger partial charge < -0.3 is 0 Å². The van der Waals surface area contributed by atoms with Crippen LogP contribution in [-0.4, -0.2) is 0 Å². The van der Waals surface area contributed by atoms with E-state index < -0.39 is 0 Å². The summed E-state index contributed by atoms with van der Waals surface area (Å²) in [5.41, 5.74) is 15.4.